The largest absolute Gasteiger partial charge is 0.492 e. The minimum absolute atomic E-state index is 0.00733. The number of carboxylic acids is 1. The fraction of sp³-hybridized carbons (Fsp3) is 0.524. The molecule has 0 spiro atoms. The Morgan fingerprint density at radius 3 is 2.35 bits per heavy atom. The van der Waals surface area contributed by atoms with Crippen molar-refractivity contribution in [2.75, 3.05) is 40.3 Å². The monoisotopic (exact) mass is 489 g/mol. The number of nitrogen functional groups attached to an aromatic ring is 1. The van der Waals surface area contributed by atoms with Crippen molar-refractivity contribution in [2.24, 2.45) is 11.7 Å². The summed E-state index contributed by atoms with van der Waals surface area (Å²) in [5.74, 6) is -1.83. The van der Waals surface area contributed by atoms with Crippen LogP contribution in [0.15, 0.2) is 24.3 Å². The summed E-state index contributed by atoms with van der Waals surface area (Å²) in [5, 5.41) is 17.4. The van der Waals surface area contributed by atoms with E-state index in [-0.39, 0.29) is 17.8 Å². The number of alkyl halides is 3. The van der Waals surface area contributed by atoms with E-state index in [0.717, 1.165) is 12.8 Å². The van der Waals surface area contributed by atoms with Crippen molar-refractivity contribution in [3.8, 4) is 5.75 Å². The summed E-state index contributed by atoms with van der Waals surface area (Å²) in [4.78, 5) is 36.3. The first-order valence-electron chi connectivity index (χ1n) is 10.4. The first-order chi connectivity index (χ1) is 15.8. The molecule has 2 rings (SSSR count). The predicted molar refractivity (Wildman–Crippen MR) is 118 cm³/mol. The fourth-order valence-electron chi connectivity index (χ4n) is 3.06. The van der Waals surface area contributed by atoms with Crippen molar-refractivity contribution >= 4 is 23.7 Å². The molecule has 1 aromatic carbocycles. The number of likely N-dealkylation sites (tertiary alicyclic amines) is 1. The Hall–Kier alpha value is -3.51. The van der Waals surface area contributed by atoms with Crippen LogP contribution < -0.4 is 15.8 Å². The summed E-state index contributed by atoms with van der Waals surface area (Å²) in [6.07, 6.45) is -2.91. The topological polar surface area (TPSA) is 149 Å². The molecule has 1 fully saturated rings. The van der Waals surface area contributed by atoms with Gasteiger partial charge < -0.3 is 30.7 Å². The molecule has 5 N–H and O–H groups in total. The molecule has 34 heavy (non-hydrogen) atoms. The lowest BCUT2D eigenvalue weighted by Crippen LogP contribution is -2.44. The average Bonchev–Trinajstić information content (AvgIpc) is 2.76. The standard InChI is InChI=1S/C19H29N5O3.C2HF3O2/c1-23(2)19(26)24-9-6-14(7-10-24)12-17(25)22-8-11-27-16-5-3-4-15(13-16)18(20)21;3-2(4,5)1(6)7/h3-5,13-14H,6-12H2,1-2H3,(H3,20,21)(H,22,25);(H,6,7). The number of benzene rings is 1. The summed E-state index contributed by atoms with van der Waals surface area (Å²) in [6, 6.07) is 7.04. The van der Waals surface area contributed by atoms with Gasteiger partial charge in [-0.25, -0.2) is 9.59 Å². The van der Waals surface area contributed by atoms with Gasteiger partial charge in [-0.15, -0.1) is 0 Å². The molecule has 0 radical (unpaired) electrons. The second-order valence-corrected chi connectivity index (χ2v) is 7.75. The Morgan fingerprint density at radius 2 is 1.85 bits per heavy atom. The van der Waals surface area contributed by atoms with Crippen molar-refractivity contribution < 1.29 is 37.4 Å². The number of nitrogens with one attached hydrogen (secondary N) is 2. The number of hydrogen-bond donors (Lipinski definition) is 4. The maximum atomic E-state index is 12.1. The first-order valence-corrected chi connectivity index (χ1v) is 10.4. The molecule has 0 saturated carbocycles. The molecule has 1 aromatic rings. The number of nitrogens with zero attached hydrogens (tertiary/aromatic N) is 2. The zero-order chi connectivity index (χ0) is 25.9. The fourth-order valence-corrected chi connectivity index (χ4v) is 3.06. The number of carbonyl (C=O) groups excluding carboxylic acids is 2. The number of carbonyl (C=O) groups is 3. The molecule has 0 aliphatic carbocycles. The number of ether oxygens (including phenoxy) is 1. The number of amides is 3. The number of nitrogens with two attached hydrogens (primary N) is 1. The molecule has 0 aromatic heterocycles. The lowest BCUT2D eigenvalue weighted by atomic mass is 9.93. The van der Waals surface area contributed by atoms with Crippen molar-refractivity contribution in [3.05, 3.63) is 29.8 Å². The van der Waals surface area contributed by atoms with Crippen LogP contribution in [0, 0.1) is 11.3 Å². The lowest BCUT2D eigenvalue weighted by Gasteiger charge is -2.33. The first kappa shape index (κ1) is 28.5. The van der Waals surface area contributed by atoms with Gasteiger partial charge in [0, 0.05) is 39.2 Å². The van der Waals surface area contributed by atoms with Gasteiger partial charge in [-0.1, -0.05) is 12.1 Å². The van der Waals surface area contributed by atoms with Crippen LogP contribution in [0.25, 0.3) is 0 Å². The molecule has 13 heteroatoms. The molecule has 1 aliphatic rings. The smallest absolute Gasteiger partial charge is 0.490 e. The molecule has 0 atom stereocenters. The SMILES string of the molecule is CN(C)C(=O)N1CCC(CC(=O)NCCOc2cccc(C(=N)N)c2)CC1.O=C(O)C(F)(F)F. The molecule has 1 aliphatic heterocycles. The van der Waals surface area contributed by atoms with E-state index in [1.807, 2.05) is 4.90 Å². The van der Waals surface area contributed by atoms with E-state index in [9.17, 15) is 22.8 Å². The van der Waals surface area contributed by atoms with Crippen molar-refractivity contribution in [1.82, 2.24) is 15.1 Å². The van der Waals surface area contributed by atoms with Gasteiger partial charge in [-0.3, -0.25) is 10.2 Å². The molecule has 190 valence electrons. The number of rotatable bonds is 7. The van der Waals surface area contributed by atoms with Crippen LogP contribution in [0.5, 0.6) is 5.75 Å². The van der Waals surface area contributed by atoms with E-state index < -0.39 is 12.1 Å². The Kier molecular flexibility index (Phi) is 11.1. The van der Waals surface area contributed by atoms with Gasteiger partial charge in [-0.05, 0) is 30.9 Å². The quantitative estimate of drug-likeness (QED) is 0.261. The lowest BCUT2D eigenvalue weighted by molar-refractivity contribution is -0.192. The number of amidine groups is 1. The zero-order valence-corrected chi connectivity index (χ0v) is 19.0. The van der Waals surface area contributed by atoms with Crippen molar-refractivity contribution in [3.63, 3.8) is 0 Å². The summed E-state index contributed by atoms with van der Waals surface area (Å²) in [6.45, 7) is 2.17. The number of hydrogen-bond acceptors (Lipinski definition) is 5. The van der Waals surface area contributed by atoms with Crippen molar-refractivity contribution in [2.45, 2.75) is 25.4 Å². The summed E-state index contributed by atoms with van der Waals surface area (Å²) >= 11 is 0. The number of carboxylic acid groups (broad SMARTS) is 1. The van der Waals surface area contributed by atoms with Gasteiger partial charge in [0.2, 0.25) is 5.91 Å². The zero-order valence-electron chi connectivity index (χ0n) is 19.0. The third kappa shape index (κ3) is 10.4. The van der Waals surface area contributed by atoms with Crippen LogP contribution in [0.1, 0.15) is 24.8 Å². The minimum atomic E-state index is -5.08. The molecule has 0 bridgehead atoms. The van der Waals surface area contributed by atoms with Crippen LogP contribution in [-0.4, -0.2) is 85.2 Å². The molecule has 3 amide bonds. The van der Waals surface area contributed by atoms with Crippen LogP contribution in [-0.2, 0) is 9.59 Å². The van der Waals surface area contributed by atoms with E-state index in [1.54, 1.807) is 43.3 Å². The maximum absolute atomic E-state index is 12.1. The molecule has 1 saturated heterocycles. The van der Waals surface area contributed by atoms with Crippen LogP contribution in [0.2, 0.25) is 0 Å². The maximum Gasteiger partial charge on any atom is 0.490 e. The summed E-state index contributed by atoms with van der Waals surface area (Å²) in [7, 11) is 3.50. The van der Waals surface area contributed by atoms with Gasteiger partial charge in [-0.2, -0.15) is 13.2 Å². The van der Waals surface area contributed by atoms with E-state index >= 15 is 0 Å². The predicted octanol–water partition coefficient (Wildman–Crippen LogP) is 1.88. The van der Waals surface area contributed by atoms with Gasteiger partial charge in [0.1, 0.15) is 18.2 Å². The third-order valence-electron chi connectivity index (χ3n) is 4.82. The van der Waals surface area contributed by atoms with Crippen LogP contribution >= 0.6 is 0 Å². The van der Waals surface area contributed by atoms with Crippen LogP contribution in [0.3, 0.4) is 0 Å². The number of halogens is 3. The van der Waals surface area contributed by atoms with E-state index in [2.05, 4.69) is 5.32 Å². The number of aliphatic carboxylic acids is 1. The van der Waals surface area contributed by atoms with Gasteiger partial charge in [0.25, 0.3) is 0 Å². The molecule has 0 unspecified atom stereocenters. The Morgan fingerprint density at radius 1 is 1.26 bits per heavy atom. The Labute approximate surface area is 195 Å². The summed E-state index contributed by atoms with van der Waals surface area (Å²) in [5.41, 5.74) is 6.06. The number of piperidine rings is 1. The normalized spacial score (nSPS) is 13.9. The second kappa shape index (κ2) is 13.3. The molecule has 10 nitrogen and oxygen atoms in total. The van der Waals surface area contributed by atoms with Crippen molar-refractivity contribution in [1.29, 1.82) is 5.41 Å². The highest BCUT2D eigenvalue weighted by atomic mass is 19.4. The minimum Gasteiger partial charge on any atom is -0.492 e. The molecular formula is C21H30F3N5O5. The number of urea groups is 1. The van der Waals surface area contributed by atoms with E-state index in [4.69, 9.17) is 25.8 Å². The third-order valence-corrected chi connectivity index (χ3v) is 4.82. The van der Waals surface area contributed by atoms with Crippen LogP contribution in [0.4, 0.5) is 18.0 Å². The molecular weight excluding hydrogens is 459 g/mol. The van der Waals surface area contributed by atoms with Gasteiger partial charge in [0.05, 0.1) is 6.54 Å². The molecule has 1 heterocycles. The van der Waals surface area contributed by atoms with E-state index in [0.29, 0.717) is 49.9 Å². The highest BCUT2D eigenvalue weighted by molar-refractivity contribution is 5.95. The average molecular weight is 489 g/mol. The summed E-state index contributed by atoms with van der Waals surface area (Å²) < 4.78 is 37.3. The highest BCUT2D eigenvalue weighted by Crippen LogP contribution is 2.21. The Balaban J connectivity index is 0.000000718. The van der Waals surface area contributed by atoms with E-state index in [1.165, 1.54) is 0 Å². The highest BCUT2D eigenvalue weighted by Gasteiger charge is 2.38. The second-order valence-electron chi connectivity index (χ2n) is 7.75. The van der Waals surface area contributed by atoms with Gasteiger partial charge in [0.15, 0.2) is 0 Å². The van der Waals surface area contributed by atoms with Gasteiger partial charge >= 0.3 is 18.2 Å². The Bertz CT molecular complexity index is 855.